The monoisotopic (exact) mass is 505 g/mol. The van der Waals surface area contributed by atoms with Gasteiger partial charge in [0, 0.05) is 18.7 Å². The summed E-state index contributed by atoms with van der Waals surface area (Å²) in [5.41, 5.74) is 2.01. The van der Waals surface area contributed by atoms with Crippen molar-refractivity contribution in [2.75, 3.05) is 43.1 Å². The molecule has 0 atom stereocenters. The van der Waals surface area contributed by atoms with E-state index >= 15 is 0 Å². The Balaban J connectivity index is 1.80. The van der Waals surface area contributed by atoms with E-state index in [9.17, 15) is 4.79 Å². The van der Waals surface area contributed by atoms with Crippen molar-refractivity contribution in [1.82, 2.24) is 5.32 Å². The fraction of sp³-hybridized carbons (Fsp3) is 0.440. The summed E-state index contributed by atoms with van der Waals surface area (Å²) in [5, 5.41) is 6.72. The van der Waals surface area contributed by atoms with Crippen LogP contribution in [0.15, 0.2) is 30.3 Å². The van der Waals surface area contributed by atoms with E-state index in [4.69, 9.17) is 38.0 Å². The molecule has 0 saturated carbocycles. The number of hydrogen-bond acceptors (Lipinski definition) is 6. The molecule has 3 rings (SSSR count). The Bertz CT molecular complexity index is 985. The van der Waals surface area contributed by atoms with Crippen molar-refractivity contribution in [2.24, 2.45) is 0 Å². The van der Waals surface area contributed by atoms with Gasteiger partial charge in [-0.25, -0.2) is 0 Å². The van der Waals surface area contributed by atoms with Crippen molar-refractivity contribution in [3.63, 3.8) is 0 Å². The van der Waals surface area contributed by atoms with Gasteiger partial charge in [-0.2, -0.15) is 0 Å². The number of ether oxygens (including phenoxy) is 3. The Labute approximate surface area is 211 Å². The number of piperidine rings is 1. The number of hydrogen-bond donors (Lipinski definition) is 2. The molecule has 1 amide bonds. The molecule has 0 spiro atoms. The van der Waals surface area contributed by atoms with Crippen LogP contribution in [0.3, 0.4) is 0 Å². The van der Waals surface area contributed by atoms with E-state index < -0.39 is 0 Å². The van der Waals surface area contributed by atoms with E-state index in [1.807, 2.05) is 39.0 Å². The maximum absolute atomic E-state index is 13.1. The molecule has 1 aliphatic heterocycles. The molecule has 1 heterocycles. The SMILES string of the molecule is CCOc1cc(C(=O)NC(=S)Nc2cccc(Cl)c2N2CCCCC2)cc(OCC)c1OCC. The van der Waals surface area contributed by atoms with Crippen molar-refractivity contribution < 1.29 is 19.0 Å². The van der Waals surface area contributed by atoms with Gasteiger partial charge in [0.25, 0.3) is 5.91 Å². The lowest BCUT2D eigenvalue weighted by Gasteiger charge is -2.31. The van der Waals surface area contributed by atoms with Crippen molar-refractivity contribution in [2.45, 2.75) is 40.0 Å². The fourth-order valence-electron chi connectivity index (χ4n) is 3.90. The summed E-state index contributed by atoms with van der Waals surface area (Å²) in [6.07, 6.45) is 3.45. The Kier molecular flexibility index (Phi) is 9.65. The summed E-state index contributed by atoms with van der Waals surface area (Å²) in [5.74, 6) is 0.987. The van der Waals surface area contributed by atoms with Crippen LogP contribution in [0.25, 0.3) is 0 Å². The van der Waals surface area contributed by atoms with Crippen LogP contribution in [0, 0.1) is 0 Å². The van der Waals surface area contributed by atoms with Gasteiger partial charge in [0.05, 0.1) is 36.2 Å². The highest BCUT2D eigenvalue weighted by Crippen LogP contribution is 2.39. The Hall–Kier alpha value is -2.71. The van der Waals surface area contributed by atoms with E-state index in [1.165, 1.54) is 6.42 Å². The van der Waals surface area contributed by atoms with Gasteiger partial charge in [-0.05, 0) is 76.5 Å². The third-order valence-corrected chi connectivity index (χ3v) is 5.81. The zero-order valence-electron chi connectivity index (χ0n) is 19.9. The number of rotatable bonds is 9. The van der Waals surface area contributed by atoms with Crippen molar-refractivity contribution >= 4 is 46.2 Å². The topological polar surface area (TPSA) is 72.1 Å². The molecule has 1 saturated heterocycles. The van der Waals surface area contributed by atoms with Crippen LogP contribution in [0.5, 0.6) is 17.2 Å². The van der Waals surface area contributed by atoms with Gasteiger partial charge in [-0.15, -0.1) is 0 Å². The summed E-state index contributed by atoms with van der Waals surface area (Å²) >= 11 is 12.0. The Morgan fingerprint density at radius 1 is 1.00 bits per heavy atom. The molecule has 1 aliphatic rings. The maximum Gasteiger partial charge on any atom is 0.257 e. The predicted octanol–water partition coefficient (Wildman–Crippen LogP) is 5.65. The largest absolute Gasteiger partial charge is 0.490 e. The van der Waals surface area contributed by atoms with Crippen LogP contribution in [-0.2, 0) is 0 Å². The molecule has 7 nitrogen and oxygen atoms in total. The van der Waals surface area contributed by atoms with Crippen LogP contribution in [-0.4, -0.2) is 43.9 Å². The molecular formula is C25H32ClN3O4S. The summed E-state index contributed by atoms with van der Waals surface area (Å²) in [4.78, 5) is 15.3. The highest BCUT2D eigenvalue weighted by atomic mass is 35.5. The number of halogens is 1. The molecule has 0 bridgehead atoms. The van der Waals surface area contributed by atoms with Crippen molar-refractivity contribution in [3.8, 4) is 17.2 Å². The third-order valence-electron chi connectivity index (χ3n) is 5.31. The Morgan fingerprint density at radius 3 is 2.21 bits per heavy atom. The van der Waals surface area contributed by atoms with Crippen LogP contribution in [0.4, 0.5) is 11.4 Å². The van der Waals surface area contributed by atoms with Crippen molar-refractivity contribution in [3.05, 3.63) is 40.9 Å². The number of amides is 1. The molecule has 2 N–H and O–H groups in total. The normalized spacial score (nSPS) is 13.2. The van der Waals surface area contributed by atoms with Crippen molar-refractivity contribution in [1.29, 1.82) is 0 Å². The fourth-order valence-corrected chi connectivity index (χ4v) is 4.40. The van der Waals surface area contributed by atoms with E-state index in [0.717, 1.165) is 37.3 Å². The van der Waals surface area contributed by atoms with Gasteiger partial charge < -0.3 is 24.4 Å². The second kappa shape index (κ2) is 12.7. The maximum atomic E-state index is 13.1. The Morgan fingerprint density at radius 2 is 1.62 bits per heavy atom. The highest BCUT2D eigenvalue weighted by Gasteiger charge is 2.21. The highest BCUT2D eigenvalue weighted by molar-refractivity contribution is 7.80. The molecular weight excluding hydrogens is 474 g/mol. The standard InChI is InChI=1S/C25H32ClN3O4S/c1-4-31-20-15-17(16-21(32-5-2)23(20)33-6-3)24(30)28-25(34)27-19-12-10-11-18(26)22(19)29-13-8-7-9-14-29/h10-12,15-16H,4-9,13-14H2,1-3H3,(H2,27,28,30,34). The summed E-state index contributed by atoms with van der Waals surface area (Å²) < 4.78 is 17.1. The molecule has 9 heteroatoms. The minimum Gasteiger partial charge on any atom is -0.490 e. The average Bonchev–Trinajstić information content (AvgIpc) is 2.82. The van der Waals surface area contributed by atoms with Crippen LogP contribution in [0.1, 0.15) is 50.4 Å². The smallest absolute Gasteiger partial charge is 0.257 e. The summed E-state index contributed by atoms with van der Waals surface area (Å²) in [7, 11) is 0. The summed E-state index contributed by atoms with van der Waals surface area (Å²) in [6.45, 7) is 8.77. The number of nitrogens with zero attached hydrogens (tertiary/aromatic N) is 1. The van der Waals surface area contributed by atoms with Crippen LogP contribution >= 0.6 is 23.8 Å². The average molecular weight is 506 g/mol. The molecule has 0 aromatic heterocycles. The van der Waals surface area contributed by atoms with E-state index in [-0.39, 0.29) is 11.0 Å². The van der Waals surface area contributed by atoms with E-state index in [2.05, 4.69) is 15.5 Å². The van der Waals surface area contributed by atoms with Gasteiger partial charge in [0.15, 0.2) is 16.6 Å². The molecule has 0 aliphatic carbocycles. The lowest BCUT2D eigenvalue weighted by atomic mass is 10.1. The molecule has 2 aromatic rings. The zero-order valence-corrected chi connectivity index (χ0v) is 21.5. The lowest BCUT2D eigenvalue weighted by molar-refractivity contribution is 0.0976. The number of carbonyl (C=O) groups excluding carboxylic acids is 1. The number of benzene rings is 2. The van der Waals surface area contributed by atoms with E-state index in [0.29, 0.717) is 47.7 Å². The quantitative estimate of drug-likeness (QED) is 0.426. The number of para-hydroxylation sites is 1. The predicted molar refractivity (Wildman–Crippen MR) is 141 cm³/mol. The first kappa shape index (κ1) is 25.9. The van der Waals surface area contributed by atoms with Crippen LogP contribution in [0.2, 0.25) is 5.02 Å². The first-order valence-corrected chi connectivity index (χ1v) is 12.5. The van der Waals surface area contributed by atoms with Gasteiger partial charge in [0.2, 0.25) is 5.75 Å². The number of carbonyl (C=O) groups is 1. The number of nitrogens with one attached hydrogen (secondary N) is 2. The molecule has 34 heavy (non-hydrogen) atoms. The summed E-state index contributed by atoms with van der Waals surface area (Å²) in [6, 6.07) is 8.90. The number of anilines is 2. The molecule has 0 unspecified atom stereocenters. The second-order valence-corrected chi connectivity index (χ2v) is 8.51. The van der Waals surface area contributed by atoms with Gasteiger partial charge in [-0.1, -0.05) is 17.7 Å². The third kappa shape index (κ3) is 6.45. The van der Waals surface area contributed by atoms with Gasteiger partial charge >= 0.3 is 0 Å². The first-order valence-electron chi connectivity index (χ1n) is 11.7. The van der Waals surface area contributed by atoms with Crippen LogP contribution < -0.4 is 29.7 Å². The molecule has 1 fully saturated rings. The van der Waals surface area contributed by atoms with E-state index in [1.54, 1.807) is 12.1 Å². The second-order valence-electron chi connectivity index (χ2n) is 7.69. The zero-order chi connectivity index (χ0) is 24.5. The van der Waals surface area contributed by atoms with Gasteiger partial charge in [0.1, 0.15) is 0 Å². The minimum absolute atomic E-state index is 0.176. The molecule has 2 aromatic carbocycles. The minimum atomic E-state index is -0.385. The van der Waals surface area contributed by atoms with Gasteiger partial charge in [-0.3, -0.25) is 10.1 Å². The molecule has 184 valence electrons. The molecule has 0 radical (unpaired) electrons. The first-order chi connectivity index (χ1) is 16.5. The lowest BCUT2D eigenvalue weighted by Crippen LogP contribution is -2.35. The number of thiocarbonyl (C=S) groups is 1.